The third-order valence-corrected chi connectivity index (χ3v) is 3.06. The predicted octanol–water partition coefficient (Wildman–Crippen LogP) is 1.45. The Morgan fingerprint density at radius 2 is 1.81 bits per heavy atom. The Balaban J connectivity index is 1.97. The normalized spacial score (nSPS) is 10.1. The van der Waals surface area contributed by atoms with Gasteiger partial charge in [0, 0.05) is 19.8 Å². The lowest BCUT2D eigenvalue weighted by molar-refractivity contribution is 0.0462. The molecule has 1 aromatic carbocycles. The maximum Gasteiger partial charge on any atom is 0.411 e. The Hall–Kier alpha value is -3.43. The molecule has 0 aliphatic heterocycles. The molecule has 0 saturated carbocycles. The zero-order chi connectivity index (χ0) is 19.1. The number of nitrogens with one attached hydrogen (secondary N) is 1. The third kappa shape index (κ3) is 5.30. The van der Waals surface area contributed by atoms with Gasteiger partial charge in [-0.2, -0.15) is 15.0 Å². The Labute approximate surface area is 150 Å². The summed E-state index contributed by atoms with van der Waals surface area (Å²) >= 11 is 0. The highest BCUT2D eigenvalue weighted by molar-refractivity contribution is 5.91. The number of benzene rings is 1. The molecule has 138 valence electrons. The molecule has 0 bridgehead atoms. The maximum atomic E-state index is 12.1. The highest BCUT2D eigenvalue weighted by Gasteiger charge is 2.11. The fourth-order valence-electron chi connectivity index (χ4n) is 1.88. The molecule has 2 aromatic rings. The number of rotatable bonds is 6. The van der Waals surface area contributed by atoms with Crippen molar-refractivity contribution in [3.63, 3.8) is 0 Å². The first kappa shape index (κ1) is 18.9. The van der Waals surface area contributed by atoms with Crippen molar-refractivity contribution < 1.29 is 19.1 Å². The number of aromatic nitrogens is 3. The van der Waals surface area contributed by atoms with E-state index in [0.29, 0.717) is 17.2 Å². The van der Waals surface area contributed by atoms with Crippen LogP contribution in [0, 0.1) is 0 Å². The van der Waals surface area contributed by atoms with E-state index in [2.05, 4.69) is 20.3 Å². The lowest BCUT2D eigenvalue weighted by Gasteiger charge is -2.11. The number of esters is 1. The number of nitrogen functional groups attached to an aromatic ring is 1. The van der Waals surface area contributed by atoms with Crippen LogP contribution in [0.25, 0.3) is 0 Å². The quantitative estimate of drug-likeness (QED) is 0.734. The number of hydrogen-bond donors (Lipinski definition) is 2. The number of nitrogens with zero attached hydrogens (tertiary/aromatic N) is 4. The number of ether oxygens (including phenoxy) is 2. The summed E-state index contributed by atoms with van der Waals surface area (Å²) in [6, 6.07) is 6.19. The minimum atomic E-state index is -0.563. The lowest BCUT2D eigenvalue weighted by Crippen LogP contribution is -2.17. The minimum Gasteiger partial charge on any atom is -0.454 e. The van der Waals surface area contributed by atoms with E-state index < -0.39 is 12.1 Å². The van der Waals surface area contributed by atoms with Gasteiger partial charge in [0.25, 0.3) is 0 Å². The molecule has 1 heterocycles. The molecule has 0 fully saturated rings. The monoisotopic (exact) mass is 360 g/mol. The van der Waals surface area contributed by atoms with E-state index in [1.807, 2.05) is 0 Å². The highest BCUT2D eigenvalue weighted by Crippen LogP contribution is 2.12. The van der Waals surface area contributed by atoms with E-state index >= 15 is 0 Å². The second-order valence-electron chi connectivity index (χ2n) is 5.30. The molecular weight excluding hydrogens is 340 g/mol. The van der Waals surface area contributed by atoms with Crippen molar-refractivity contribution in [3.05, 3.63) is 35.7 Å². The summed E-state index contributed by atoms with van der Waals surface area (Å²) in [5.74, 6) is 0.107. The van der Waals surface area contributed by atoms with Gasteiger partial charge in [-0.15, -0.1) is 0 Å². The molecule has 1 aromatic heterocycles. The Bertz CT molecular complexity index is 779. The molecule has 0 aliphatic rings. The first-order valence-electron chi connectivity index (χ1n) is 7.77. The fourth-order valence-corrected chi connectivity index (χ4v) is 1.88. The second kappa shape index (κ2) is 8.60. The molecule has 3 N–H and O–H groups in total. The van der Waals surface area contributed by atoms with Crippen molar-refractivity contribution >= 4 is 29.6 Å². The molecule has 0 saturated heterocycles. The number of anilines is 3. The van der Waals surface area contributed by atoms with Crippen LogP contribution >= 0.6 is 0 Å². The van der Waals surface area contributed by atoms with E-state index in [1.54, 1.807) is 38.1 Å². The van der Waals surface area contributed by atoms with Crippen LogP contribution in [0.5, 0.6) is 0 Å². The number of amides is 1. The first-order chi connectivity index (χ1) is 12.4. The average Bonchev–Trinajstić information content (AvgIpc) is 2.60. The Morgan fingerprint density at radius 3 is 2.42 bits per heavy atom. The van der Waals surface area contributed by atoms with E-state index in [-0.39, 0.29) is 25.0 Å². The van der Waals surface area contributed by atoms with Gasteiger partial charge in [0.1, 0.15) is 0 Å². The SMILES string of the molecule is CCOC(=O)Nc1ccc(C(=O)OCc2nc(N)nc(N(C)C)n2)cc1. The van der Waals surface area contributed by atoms with Crippen LogP contribution in [0.15, 0.2) is 24.3 Å². The maximum absolute atomic E-state index is 12.1. The molecule has 0 aliphatic carbocycles. The molecule has 0 unspecified atom stereocenters. The summed E-state index contributed by atoms with van der Waals surface area (Å²) in [5, 5.41) is 2.53. The molecule has 26 heavy (non-hydrogen) atoms. The smallest absolute Gasteiger partial charge is 0.411 e. The van der Waals surface area contributed by atoms with Crippen LogP contribution in [-0.2, 0) is 16.1 Å². The van der Waals surface area contributed by atoms with Gasteiger partial charge in [-0.25, -0.2) is 9.59 Å². The molecule has 2 rings (SSSR count). The topological polar surface area (TPSA) is 133 Å². The summed E-state index contributed by atoms with van der Waals surface area (Å²) in [7, 11) is 3.52. The zero-order valence-corrected chi connectivity index (χ0v) is 14.7. The van der Waals surface area contributed by atoms with Crippen LogP contribution in [0.2, 0.25) is 0 Å². The third-order valence-electron chi connectivity index (χ3n) is 3.06. The molecule has 0 radical (unpaired) electrons. The molecule has 10 nitrogen and oxygen atoms in total. The number of carbonyl (C=O) groups is 2. The van der Waals surface area contributed by atoms with Crippen LogP contribution < -0.4 is 16.0 Å². The number of carbonyl (C=O) groups excluding carboxylic acids is 2. The summed E-state index contributed by atoms with van der Waals surface area (Å²) < 4.78 is 9.96. The van der Waals surface area contributed by atoms with Gasteiger partial charge in [-0.3, -0.25) is 5.32 Å². The fraction of sp³-hybridized carbons (Fsp3) is 0.312. The summed E-state index contributed by atoms with van der Waals surface area (Å²) in [6.07, 6.45) is -0.563. The standard InChI is InChI=1S/C16H20N6O4/c1-4-25-16(24)18-11-7-5-10(6-8-11)13(23)26-9-12-19-14(17)21-15(20-12)22(2)3/h5-8H,4,9H2,1-3H3,(H,18,24)(H2,17,19,20,21). The molecule has 0 atom stereocenters. The summed E-state index contributed by atoms with van der Waals surface area (Å²) in [4.78, 5) is 37.2. The molecule has 1 amide bonds. The van der Waals surface area contributed by atoms with E-state index in [1.165, 1.54) is 12.1 Å². The number of nitrogens with two attached hydrogens (primary N) is 1. The van der Waals surface area contributed by atoms with Crippen molar-refractivity contribution in [1.29, 1.82) is 0 Å². The predicted molar refractivity (Wildman–Crippen MR) is 94.8 cm³/mol. The second-order valence-corrected chi connectivity index (χ2v) is 5.30. The average molecular weight is 360 g/mol. The minimum absolute atomic E-state index is 0.0455. The van der Waals surface area contributed by atoms with Crippen molar-refractivity contribution in [3.8, 4) is 0 Å². The van der Waals surface area contributed by atoms with Gasteiger partial charge in [0.05, 0.1) is 12.2 Å². The van der Waals surface area contributed by atoms with Crippen molar-refractivity contribution in [2.75, 3.05) is 36.7 Å². The van der Waals surface area contributed by atoms with Gasteiger partial charge in [0.2, 0.25) is 11.9 Å². The van der Waals surface area contributed by atoms with E-state index in [0.717, 1.165) is 0 Å². The van der Waals surface area contributed by atoms with Crippen molar-refractivity contribution in [2.24, 2.45) is 0 Å². The van der Waals surface area contributed by atoms with E-state index in [4.69, 9.17) is 15.2 Å². The number of hydrogen-bond acceptors (Lipinski definition) is 9. The van der Waals surface area contributed by atoms with Gasteiger partial charge in [-0.05, 0) is 31.2 Å². The van der Waals surface area contributed by atoms with E-state index in [9.17, 15) is 9.59 Å². The van der Waals surface area contributed by atoms with Crippen LogP contribution in [0.3, 0.4) is 0 Å². The lowest BCUT2D eigenvalue weighted by atomic mass is 10.2. The van der Waals surface area contributed by atoms with Crippen molar-refractivity contribution in [2.45, 2.75) is 13.5 Å². The van der Waals surface area contributed by atoms with Gasteiger partial charge in [-0.1, -0.05) is 0 Å². The summed E-state index contributed by atoms with van der Waals surface area (Å²) in [5.41, 5.74) is 6.43. The van der Waals surface area contributed by atoms with Crippen LogP contribution in [-0.4, -0.2) is 47.7 Å². The Kier molecular flexibility index (Phi) is 6.25. The molecule has 10 heteroatoms. The van der Waals surface area contributed by atoms with Gasteiger partial charge < -0.3 is 20.1 Å². The van der Waals surface area contributed by atoms with Gasteiger partial charge >= 0.3 is 12.1 Å². The summed E-state index contributed by atoms with van der Waals surface area (Å²) in [6.45, 7) is 1.84. The molecule has 0 spiro atoms. The van der Waals surface area contributed by atoms with Crippen LogP contribution in [0.4, 0.5) is 22.4 Å². The highest BCUT2D eigenvalue weighted by atomic mass is 16.5. The van der Waals surface area contributed by atoms with Gasteiger partial charge in [0.15, 0.2) is 12.4 Å². The van der Waals surface area contributed by atoms with Crippen LogP contribution in [0.1, 0.15) is 23.1 Å². The Morgan fingerprint density at radius 1 is 1.12 bits per heavy atom. The first-order valence-corrected chi connectivity index (χ1v) is 7.77. The molecular formula is C16H20N6O4. The largest absolute Gasteiger partial charge is 0.454 e. The zero-order valence-electron chi connectivity index (χ0n) is 14.7. The van der Waals surface area contributed by atoms with Crippen molar-refractivity contribution in [1.82, 2.24) is 15.0 Å².